The number of carbonyl (C=O) groups is 2. The van der Waals surface area contributed by atoms with Gasteiger partial charge < -0.3 is 9.64 Å². The Morgan fingerprint density at radius 1 is 0.944 bits per heavy atom. The molecule has 0 aromatic carbocycles. The van der Waals surface area contributed by atoms with Crippen LogP contribution in [0.1, 0.15) is 58.3 Å². The molecule has 0 aliphatic carbocycles. The van der Waals surface area contributed by atoms with Crippen molar-refractivity contribution in [3.63, 3.8) is 0 Å². The first kappa shape index (κ1) is 16.9. The molecule has 4 heteroatoms. The average molecular weight is 257 g/mol. The Kier molecular flexibility index (Phi) is 10.4. The van der Waals surface area contributed by atoms with Gasteiger partial charge in [0, 0.05) is 20.5 Å². The Labute approximate surface area is 111 Å². The highest BCUT2D eigenvalue weighted by Crippen LogP contribution is 2.08. The summed E-state index contributed by atoms with van der Waals surface area (Å²) in [5.74, 6) is -0.443. The second kappa shape index (κ2) is 11.1. The highest BCUT2D eigenvalue weighted by Gasteiger charge is 2.08. The SMILES string of the molecule is CCCCCCCCCC(=O)OCC(=O)N(C)C. The molecule has 0 saturated heterocycles. The highest BCUT2D eigenvalue weighted by molar-refractivity contribution is 5.80. The van der Waals surface area contributed by atoms with Crippen molar-refractivity contribution < 1.29 is 14.3 Å². The van der Waals surface area contributed by atoms with E-state index in [9.17, 15) is 9.59 Å². The Bertz CT molecular complexity index is 239. The molecular weight excluding hydrogens is 230 g/mol. The van der Waals surface area contributed by atoms with Crippen molar-refractivity contribution in [1.82, 2.24) is 4.90 Å². The van der Waals surface area contributed by atoms with Crippen molar-refractivity contribution in [3.8, 4) is 0 Å². The van der Waals surface area contributed by atoms with Gasteiger partial charge in [0.05, 0.1) is 0 Å². The maximum absolute atomic E-state index is 11.3. The van der Waals surface area contributed by atoms with E-state index in [0.717, 1.165) is 12.8 Å². The van der Waals surface area contributed by atoms with E-state index in [4.69, 9.17) is 4.74 Å². The van der Waals surface area contributed by atoms with Gasteiger partial charge in [0.25, 0.3) is 5.91 Å². The molecule has 0 unspecified atom stereocenters. The largest absolute Gasteiger partial charge is 0.456 e. The Balaban J connectivity index is 3.35. The monoisotopic (exact) mass is 257 g/mol. The van der Waals surface area contributed by atoms with Gasteiger partial charge >= 0.3 is 5.97 Å². The maximum atomic E-state index is 11.3. The van der Waals surface area contributed by atoms with E-state index in [1.807, 2.05) is 0 Å². The summed E-state index contributed by atoms with van der Waals surface area (Å²) in [7, 11) is 3.29. The molecule has 0 spiro atoms. The zero-order valence-electron chi connectivity index (χ0n) is 12.0. The van der Waals surface area contributed by atoms with Gasteiger partial charge in [-0.3, -0.25) is 9.59 Å². The van der Waals surface area contributed by atoms with Crippen LogP contribution in [0.2, 0.25) is 0 Å². The molecule has 0 aromatic heterocycles. The third-order valence-corrected chi connectivity index (χ3v) is 2.84. The van der Waals surface area contributed by atoms with Crippen molar-refractivity contribution in [2.45, 2.75) is 58.3 Å². The third kappa shape index (κ3) is 10.1. The molecule has 106 valence electrons. The summed E-state index contributed by atoms with van der Waals surface area (Å²) >= 11 is 0. The van der Waals surface area contributed by atoms with Crippen LogP contribution >= 0.6 is 0 Å². The Morgan fingerprint density at radius 2 is 1.50 bits per heavy atom. The standard InChI is InChI=1S/C14H27NO3/c1-4-5-6-7-8-9-10-11-14(17)18-12-13(16)15(2)3/h4-12H2,1-3H3. The van der Waals surface area contributed by atoms with Crippen LogP contribution in [-0.4, -0.2) is 37.5 Å². The number of carbonyl (C=O) groups excluding carboxylic acids is 2. The van der Waals surface area contributed by atoms with Crippen molar-refractivity contribution in [2.75, 3.05) is 20.7 Å². The van der Waals surface area contributed by atoms with E-state index >= 15 is 0 Å². The normalized spacial score (nSPS) is 10.2. The molecule has 0 atom stereocenters. The molecule has 1 amide bonds. The van der Waals surface area contributed by atoms with Gasteiger partial charge in [0.1, 0.15) is 0 Å². The predicted octanol–water partition coefficient (Wildman–Crippen LogP) is 2.76. The van der Waals surface area contributed by atoms with Gasteiger partial charge in [-0.15, -0.1) is 0 Å². The van der Waals surface area contributed by atoms with Crippen LogP contribution in [0, 0.1) is 0 Å². The van der Waals surface area contributed by atoms with Gasteiger partial charge in [-0.25, -0.2) is 0 Å². The van der Waals surface area contributed by atoms with Gasteiger partial charge in [-0.05, 0) is 6.42 Å². The van der Waals surface area contributed by atoms with E-state index in [-0.39, 0.29) is 18.5 Å². The topological polar surface area (TPSA) is 46.6 Å². The maximum Gasteiger partial charge on any atom is 0.306 e. The van der Waals surface area contributed by atoms with Gasteiger partial charge in [0.2, 0.25) is 0 Å². The van der Waals surface area contributed by atoms with Crippen LogP contribution in [-0.2, 0) is 14.3 Å². The summed E-state index contributed by atoms with van der Waals surface area (Å²) in [6.45, 7) is 2.06. The molecule has 0 heterocycles. The summed E-state index contributed by atoms with van der Waals surface area (Å²) in [5.41, 5.74) is 0. The van der Waals surface area contributed by atoms with E-state index in [0.29, 0.717) is 6.42 Å². The molecule has 4 nitrogen and oxygen atoms in total. The second-order valence-corrected chi connectivity index (χ2v) is 4.82. The Hall–Kier alpha value is -1.06. The van der Waals surface area contributed by atoms with Crippen LogP contribution in [0.3, 0.4) is 0 Å². The molecule has 0 fully saturated rings. The van der Waals surface area contributed by atoms with Crippen LogP contribution in [0.4, 0.5) is 0 Å². The number of ether oxygens (including phenoxy) is 1. The minimum atomic E-state index is -0.265. The lowest BCUT2D eigenvalue weighted by Gasteiger charge is -2.10. The smallest absolute Gasteiger partial charge is 0.306 e. The minimum Gasteiger partial charge on any atom is -0.456 e. The lowest BCUT2D eigenvalue weighted by atomic mass is 10.1. The van der Waals surface area contributed by atoms with Crippen LogP contribution in [0.15, 0.2) is 0 Å². The fourth-order valence-electron chi connectivity index (χ4n) is 1.57. The fraction of sp³-hybridized carbons (Fsp3) is 0.857. The zero-order chi connectivity index (χ0) is 13.8. The number of nitrogens with zero attached hydrogens (tertiary/aromatic N) is 1. The van der Waals surface area contributed by atoms with Crippen LogP contribution in [0.25, 0.3) is 0 Å². The molecule has 0 aliphatic rings. The molecule has 0 saturated carbocycles. The summed E-state index contributed by atoms with van der Waals surface area (Å²) in [4.78, 5) is 23.9. The molecule has 0 bridgehead atoms. The quantitative estimate of drug-likeness (QED) is 0.446. The van der Waals surface area contributed by atoms with Crippen LogP contribution in [0.5, 0.6) is 0 Å². The summed E-state index contributed by atoms with van der Waals surface area (Å²) in [6.07, 6.45) is 8.64. The average Bonchev–Trinajstić information content (AvgIpc) is 2.34. The van der Waals surface area contributed by atoms with E-state index in [1.165, 1.54) is 37.0 Å². The van der Waals surface area contributed by atoms with Gasteiger partial charge in [0.15, 0.2) is 6.61 Å². The van der Waals surface area contributed by atoms with Crippen molar-refractivity contribution in [2.24, 2.45) is 0 Å². The first-order valence-electron chi connectivity index (χ1n) is 6.93. The van der Waals surface area contributed by atoms with Crippen molar-refractivity contribution in [1.29, 1.82) is 0 Å². The van der Waals surface area contributed by atoms with E-state index in [2.05, 4.69) is 6.92 Å². The molecule has 0 aromatic rings. The van der Waals surface area contributed by atoms with E-state index in [1.54, 1.807) is 14.1 Å². The summed E-state index contributed by atoms with van der Waals surface area (Å²) < 4.78 is 4.88. The fourth-order valence-corrected chi connectivity index (χ4v) is 1.57. The van der Waals surface area contributed by atoms with E-state index < -0.39 is 0 Å². The number of rotatable bonds is 10. The summed E-state index contributed by atoms with van der Waals surface area (Å²) in [5, 5.41) is 0. The lowest BCUT2D eigenvalue weighted by Crippen LogP contribution is -2.27. The third-order valence-electron chi connectivity index (χ3n) is 2.84. The molecule has 0 rings (SSSR count). The molecule has 0 aliphatic heterocycles. The molecule has 0 radical (unpaired) electrons. The number of hydrogen-bond acceptors (Lipinski definition) is 3. The number of esters is 1. The highest BCUT2D eigenvalue weighted by atomic mass is 16.5. The minimum absolute atomic E-state index is 0.137. The predicted molar refractivity (Wildman–Crippen MR) is 72.3 cm³/mol. The Morgan fingerprint density at radius 3 is 2.06 bits per heavy atom. The number of likely N-dealkylation sites (N-methyl/N-ethyl adjacent to an activating group) is 1. The second-order valence-electron chi connectivity index (χ2n) is 4.82. The van der Waals surface area contributed by atoms with Crippen molar-refractivity contribution >= 4 is 11.9 Å². The molecular formula is C14H27NO3. The van der Waals surface area contributed by atoms with Gasteiger partial charge in [-0.1, -0.05) is 45.4 Å². The van der Waals surface area contributed by atoms with Gasteiger partial charge in [-0.2, -0.15) is 0 Å². The zero-order valence-corrected chi connectivity index (χ0v) is 12.0. The number of unbranched alkanes of at least 4 members (excludes halogenated alkanes) is 6. The summed E-state index contributed by atoms with van der Waals surface area (Å²) in [6, 6.07) is 0. The van der Waals surface area contributed by atoms with Crippen molar-refractivity contribution in [3.05, 3.63) is 0 Å². The lowest BCUT2D eigenvalue weighted by molar-refractivity contribution is -0.151. The van der Waals surface area contributed by atoms with Crippen LogP contribution < -0.4 is 0 Å². The first-order chi connectivity index (χ1) is 8.57. The first-order valence-corrected chi connectivity index (χ1v) is 6.93. The number of amides is 1. The number of hydrogen-bond donors (Lipinski definition) is 0. The molecule has 0 N–H and O–H groups in total. The molecule has 18 heavy (non-hydrogen) atoms.